The predicted molar refractivity (Wildman–Crippen MR) is 58.8 cm³/mol. The van der Waals surface area contributed by atoms with Crippen molar-refractivity contribution in [2.45, 2.75) is 39.2 Å². The first-order valence-corrected chi connectivity index (χ1v) is 5.02. The molecule has 1 aliphatic heterocycles. The second-order valence-electron chi connectivity index (χ2n) is 4.86. The van der Waals surface area contributed by atoms with Gasteiger partial charge < -0.3 is 0 Å². The molecule has 0 aliphatic carbocycles. The maximum Gasteiger partial charge on any atom is 0.0125 e. The van der Waals surface area contributed by atoms with Crippen molar-refractivity contribution < 1.29 is 0 Å². The smallest absolute Gasteiger partial charge is 0.0125 e. The van der Waals surface area contributed by atoms with Crippen LogP contribution in [0.5, 0.6) is 0 Å². The van der Waals surface area contributed by atoms with Gasteiger partial charge in [-0.15, -0.1) is 0 Å². The van der Waals surface area contributed by atoms with E-state index < -0.39 is 0 Å². The lowest BCUT2D eigenvalue weighted by Crippen LogP contribution is -2.41. The summed E-state index contributed by atoms with van der Waals surface area (Å²) in [5.41, 5.74) is 2.77. The summed E-state index contributed by atoms with van der Waals surface area (Å²) in [5.74, 6) is 0. The van der Waals surface area contributed by atoms with Crippen molar-refractivity contribution in [1.82, 2.24) is 4.90 Å². The van der Waals surface area contributed by atoms with Gasteiger partial charge in [-0.05, 0) is 33.6 Å². The second-order valence-corrected chi connectivity index (χ2v) is 4.86. The molecule has 0 radical (unpaired) electrons. The minimum Gasteiger partial charge on any atom is -0.298 e. The van der Waals surface area contributed by atoms with Gasteiger partial charge in [-0.25, -0.2) is 0 Å². The third-order valence-electron chi connectivity index (χ3n) is 2.82. The highest BCUT2D eigenvalue weighted by Crippen LogP contribution is 2.24. The topological polar surface area (TPSA) is 3.24 Å². The Labute approximate surface area is 82.1 Å². The lowest BCUT2D eigenvalue weighted by Gasteiger charge is -2.34. The van der Waals surface area contributed by atoms with Crippen LogP contribution in [0.25, 0.3) is 0 Å². The van der Waals surface area contributed by atoms with E-state index in [-0.39, 0.29) is 5.54 Å². The van der Waals surface area contributed by atoms with Gasteiger partial charge in [-0.1, -0.05) is 24.3 Å². The van der Waals surface area contributed by atoms with Crippen LogP contribution < -0.4 is 0 Å². The molecule has 74 valence electrons. The maximum absolute atomic E-state index is 4.05. The molecule has 0 aromatic rings. The van der Waals surface area contributed by atoms with Crippen LogP contribution in [0.4, 0.5) is 0 Å². The number of hydrogen-bond acceptors (Lipinski definition) is 1. The van der Waals surface area contributed by atoms with Crippen molar-refractivity contribution in [3.63, 3.8) is 0 Å². The first-order chi connectivity index (χ1) is 5.91. The van der Waals surface area contributed by atoms with E-state index in [0.717, 1.165) is 25.9 Å². The van der Waals surface area contributed by atoms with Crippen LogP contribution in [-0.2, 0) is 0 Å². The summed E-state index contributed by atoms with van der Waals surface area (Å²) >= 11 is 0. The van der Waals surface area contributed by atoms with Crippen LogP contribution in [0.2, 0.25) is 0 Å². The molecule has 0 bridgehead atoms. The average Bonchev–Trinajstić information content (AvgIpc) is 2.14. The molecular formula is C12H21N. The van der Waals surface area contributed by atoms with Crippen molar-refractivity contribution in [3.8, 4) is 0 Å². The summed E-state index contributed by atoms with van der Waals surface area (Å²) in [6.45, 7) is 17.1. The predicted octanol–water partition coefficient (Wildman–Crippen LogP) is 2.99. The van der Waals surface area contributed by atoms with E-state index in [0.29, 0.717) is 0 Å². The van der Waals surface area contributed by atoms with Gasteiger partial charge in [0, 0.05) is 18.6 Å². The molecule has 1 heterocycles. The highest BCUT2D eigenvalue weighted by molar-refractivity contribution is 5.26. The van der Waals surface area contributed by atoms with Crippen molar-refractivity contribution in [2.75, 3.05) is 13.1 Å². The largest absolute Gasteiger partial charge is 0.298 e. The third-order valence-corrected chi connectivity index (χ3v) is 2.82. The van der Waals surface area contributed by atoms with Gasteiger partial charge in [0.1, 0.15) is 0 Å². The molecule has 1 nitrogen and oxygen atoms in total. The Balaban J connectivity index is 2.64. The summed E-state index contributed by atoms with van der Waals surface area (Å²) in [7, 11) is 0. The summed E-state index contributed by atoms with van der Waals surface area (Å²) in [5, 5.41) is 0. The second kappa shape index (κ2) is 3.67. The first kappa shape index (κ1) is 10.5. The zero-order valence-electron chi connectivity index (χ0n) is 9.19. The zero-order valence-corrected chi connectivity index (χ0v) is 9.19. The molecule has 1 heteroatoms. The van der Waals surface area contributed by atoms with Gasteiger partial charge in [0.15, 0.2) is 0 Å². The van der Waals surface area contributed by atoms with Gasteiger partial charge in [0.25, 0.3) is 0 Å². The molecule has 0 N–H and O–H groups in total. The molecule has 0 unspecified atom stereocenters. The minimum atomic E-state index is 0.283. The molecule has 1 fully saturated rings. The molecule has 0 spiro atoms. The Morgan fingerprint density at radius 2 is 1.38 bits per heavy atom. The summed E-state index contributed by atoms with van der Waals surface area (Å²) in [6, 6.07) is 0. The highest BCUT2D eigenvalue weighted by Gasteiger charge is 2.23. The van der Waals surface area contributed by atoms with Gasteiger partial charge >= 0.3 is 0 Å². The quantitative estimate of drug-likeness (QED) is 0.552. The van der Waals surface area contributed by atoms with Crippen LogP contribution in [0.15, 0.2) is 24.3 Å². The van der Waals surface area contributed by atoms with E-state index in [4.69, 9.17) is 0 Å². The lowest BCUT2D eigenvalue weighted by atomic mass is 10.1. The van der Waals surface area contributed by atoms with Crippen molar-refractivity contribution in [2.24, 2.45) is 0 Å². The maximum atomic E-state index is 4.05. The summed E-state index contributed by atoms with van der Waals surface area (Å²) < 4.78 is 0. The molecule has 0 aromatic carbocycles. The zero-order chi connectivity index (χ0) is 10.1. The highest BCUT2D eigenvalue weighted by atomic mass is 15.2. The van der Waals surface area contributed by atoms with E-state index in [1.807, 2.05) is 0 Å². The normalized spacial score (nSPS) is 21.8. The Hall–Kier alpha value is -0.560. The molecule has 1 rings (SSSR count). The van der Waals surface area contributed by atoms with Gasteiger partial charge in [0.2, 0.25) is 0 Å². The van der Waals surface area contributed by atoms with Crippen LogP contribution in [0, 0.1) is 0 Å². The average molecular weight is 179 g/mol. The molecule has 13 heavy (non-hydrogen) atoms. The molecule has 1 aliphatic rings. The van der Waals surface area contributed by atoms with Crippen molar-refractivity contribution in [1.29, 1.82) is 0 Å². The fraction of sp³-hybridized carbons (Fsp3) is 0.667. The Bertz CT molecular complexity index is 202. The van der Waals surface area contributed by atoms with E-state index in [1.165, 1.54) is 11.1 Å². The fourth-order valence-corrected chi connectivity index (χ4v) is 1.68. The van der Waals surface area contributed by atoms with Crippen LogP contribution in [-0.4, -0.2) is 23.5 Å². The van der Waals surface area contributed by atoms with Crippen LogP contribution in [0.1, 0.15) is 33.6 Å². The molecule has 0 aromatic heterocycles. The fourth-order valence-electron chi connectivity index (χ4n) is 1.68. The number of likely N-dealkylation sites (tertiary alicyclic amines) is 1. The van der Waals surface area contributed by atoms with Crippen LogP contribution in [0.3, 0.4) is 0 Å². The number of nitrogens with zero attached hydrogens (tertiary/aromatic N) is 1. The van der Waals surface area contributed by atoms with Crippen molar-refractivity contribution >= 4 is 0 Å². The Kier molecular flexibility index (Phi) is 2.97. The van der Waals surface area contributed by atoms with Gasteiger partial charge in [-0.2, -0.15) is 0 Å². The number of rotatable bonds is 0. The SMILES string of the molecule is C=C1CCN(C(C)(C)C)CCC1=C. The lowest BCUT2D eigenvalue weighted by molar-refractivity contribution is 0.145. The van der Waals surface area contributed by atoms with E-state index in [1.54, 1.807) is 0 Å². The Morgan fingerprint density at radius 3 is 1.69 bits per heavy atom. The van der Waals surface area contributed by atoms with E-state index in [2.05, 4.69) is 38.8 Å². The summed E-state index contributed by atoms with van der Waals surface area (Å²) in [6.07, 6.45) is 2.16. The van der Waals surface area contributed by atoms with Gasteiger partial charge in [0.05, 0.1) is 0 Å². The minimum absolute atomic E-state index is 0.283. The molecule has 0 saturated carbocycles. The summed E-state index contributed by atoms with van der Waals surface area (Å²) in [4.78, 5) is 2.51. The molecule has 0 amide bonds. The monoisotopic (exact) mass is 179 g/mol. The molecule has 1 saturated heterocycles. The molecule has 0 atom stereocenters. The van der Waals surface area contributed by atoms with Crippen LogP contribution >= 0.6 is 0 Å². The van der Waals surface area contributed by atoms with E-state index in [9.17, 15) is 0 Å². The van der Waals surface area contributed by atoms with Crippen molar-refractivity contribution in [3.05, 3.63) is 24.3 Å². The van der Waals surface area contributed by atoms with Gasteiger partial charge in [-0.3, -0.25) is 4.90 Å². The molecular weight excluding hydrogens is 158 g/mol. The standard InChI is InChI=1S/C12H21N/c1-10-6-8-13(12(3,4)5)9-7-11(10)2/h1-2,6-9H2,3-5H3. The number of hydrogen-bond donors (Lipinski definition) is 0. The third kappa shape index (κ3) is 2.70. The first-order valence-electron chi connectivity index (χ1n) is 5.02. The van der Waals surface area contributed by atoms with E-state index >= 15 is 0 Å². The Morgan fingerprint density at radius 1 is 1.00 bits per heavy atom.